The molecule has 7 unspecified atom stereocenters. The van der Waals surface area contributed by atoms with Gasteiger partial charge in [-0.05, 0) is 54.9 Å². The molecular weight excluding hydrogens is 1140 g/mol. The number of aromatic nitrogens is 7. The van der Waals surface area contributed by atoms with E-state index in [1.807, 2.05) is 90.2 Å². The van der Waals surface area contributed by atoms with Crippen LogP contribution in [0.5, 0.6) is 0 Å². The van der Waals surface area contributed by atoms with Gasteiger partial charge in [0.05, 0.1) is 29.2 Å². The van der Waals surface area contributed by atoms with Crippen LogP contribution >= 0.6 is 68.0 Å². The molecule has 23 heteroatoms. The quantitative estimate of drug-likeness (QED) is 0.120. The molecule has 1 fully saturated rings. The van der Waals surface area contributed by atoms with Gasteiger partial charge in [-0.1, -0.05) is 80.9 Å². The third-order valence-corrected chi connectivity index (χ3v) is 20.4. The first-order valence-electron chi connectivity index (χ1n) is 26.1. The zero-order chi connectivity index (χ0) is 56.8. The summed E-state index contributed by atoms with van der Waals surface area (Å²) in [5.41, 5.74) is 12.0. The van der Waals surface area contributed by atoms with Crippen LogP contribution in [0.3, 0.4) is 0 Å². The van der Waals surface area contributed by atoms with Crippen molar-refractivity contribution in [3.8, 4) is 43.4 Å². The first-order chi connectivity index (χ1) is 39.0. The van der Waals surface area contributed by atoms with E-state index in [0.29, 0.717) is 70.5 Å². The van der Waals surface area contributed by atoms with E-state index < -0.39 is 41.8 Å². The van der Waals surface area contributed by atoms with E-state index in [-0.39, 0.29) is 71.6 Å². The smallest absolute Gasteiger partial charge is 0.271 e. The number of nitrogens with one attached hydrogen (secondary N) is 2. The summed E-state index contributed by atoms with van der Waals surface area (Å²) in [5.74, 6) is -3.17. The predicted octanol–water partition coefficient (Wildman–Crippen LogP) is 11.3. The largest absolute Gasteiger partial charge is 0.370 e. The standard InChI is InChI=1S/C58H53N11O6S6/c1-27-12-14-33(15-13-27)18-39-58(75)69-21-28(2)29(3)49(69)57-67-44(26-80-57)55-64-41(23-79-55)48-35(16-17-37(60-48)54-63-40(22-78-54)31(5)70)52-65-42(24-76-52)50(73)61-38(20-46(59)72)56-68-47(32(6)81-56)45(71)19-36(30(4)34-10-8-7-9-11-34)53-66-43(25-77-53)51(74)62-39/h7-17,22-26,28-30,36,38-39,49H,18-21H2,1-6H3,(H2,59,72)(H,61,73)(H,62,74). The van der Waals surface area contributed by atoms with Crippen LogP contribution in [0.4, 0.5) is 0 Å². The fourth-order valence-corrected chi connectivity index (χ4v) is 15.7. The number of rotatable bonds is 8. The van der Waals surface area contributed by atoms with Crippen molar-refractivity contribution in [2.45, 2.75) is 90.8 Å². The van der Waals surface area contributed by atoms with Gasteiger partial charge in [0.15, 0.2) is 11.6 Å². The molecule has 7 atom stereocenters. The number of carbonyl (C=O) groups excluding carboxylic acids is 6. The number of primary amides is 1. The van der Waals surface area contributed by atoms with E-state index in [9.17, 15) is 24.0 Å². The van der Waals surface area contributed by atoms with Crippen LogP contribution in [0, 0.1) is 25.7 Å². The minimum atomic E-state index is -1.00. The summed E-state index contributed by atoms with van der Waals surface area (Å²) < 4.78 is 0. The van der Waals surface area contributed by atoms with Gasteiger partial charge >= 0.3 is 0 Å². The van der Waals surface area contributed by atoms with E-state index >= 15 is 4.79 Å². The second-order valence-corrected chi connectivity index (χ2v) is 26.1. The van der Waals surface area contributed by atoms with Crippen molar-refractivity contribution in [3.05, 3.63) is 153 Å². The molecule has 17 nitrogen and oxygen atoms in total. The SMILES string of the molecule is CC(=O)c1csc(-c2ccc3c(n2)-c2csc(n2)-c2csc(n2)C2C(C)C(C)CN2C(=O)C(Cc2ccc(C)cc2)NC(=O)c2csc(n2)C(C(C)c2ccccc2)CC(=O)c2nc(sc2C)C(CC(N)=O)NC(=O)c2csc-3n2)n1. The Morgan fingerprint density at radius 1 is 0.667 bits per heavy atom. The van der Waals surface area contributed by atoms with E-state index in [2.05, 4.69) is 29.5 Å². The minimum Gasteiger partial charge on any atom is -0.370 e. The van der Waals surface area contributed by atoms with Crippen LogP contribution in [0.25, 0.3) is 43.4 Å². The third-order valence-electron chi connectivity index (χ3n) is 14.8. The molecular formula is C58H53N11O6S6. The lowest BCUT2D eigenvalue weighted by Gasteiger charge is -2.29. The van der Waals surface area contributed by atoms with Crippen LogP contribution in [0.1, 0.15) is 143 Å². The van der Waals surface area contributed by atoms with Crippen molar-refractivity contribution in [2.24, 2.45) is 17.6 Å². The summed E-state index contributed by atoms with van der Waals surface area (Å²) in [6.07, 6.45) is -0.120. The third kappa shape index (κ3) is 11.6. The van der Waals surface area contributed by atoms with Gasteiger partial charge in [-0.15, -0.1) is 68.0 Å². The fraction of sp³-hybridized carbons (Fsp3) is 0.293. The summed E-state index contributed by atoms with van der Waals surface area (Å²) in [5, 5.41) is 18.0. The monoisotopic (exact) mass is 1190 g/mol. The van der Waals surface area contributed by atoms with Crippen LogP contribution in [0.2, 0.25) is 0 Å². The van der Waals surface area contributed by atoms with Gasteiger partial charge in [0.25, 0.3) is 11.8 Å². The van der Waals surface area contributed by atoms with Gasteiger partial charge in [0.2, 0.25) is 11.8 Å². The molecule has 0 aliphatic carbocycles. The van der Waals surface area contributed by atoms with Gasteiger partial charge in [0.1, 0.15) is 70.9 Å². The Bertz CT molecular complexity index is 3880. The molecule has 2 aromatic carbocycles. The first kappa shape index (κ1) is 55.5. The Morgan fingerprint density at radius 2 is 1.31 bits per heavy atom. The molecule has 9 aromatic rings. The molecule has 4 N–H and O–H groups in total. The Morgan fingerprint density at radius 3 is 2.05 bits per heavy atom. The number of amides is 4. The summed E-state index contributed by atoms with van der Waals surface area (Å²) >= 11 is 7.79. The molecule has 412 valence electrons. The topological polar surface area (TPSA) is 246 Å². The van der Waals surface area contributed by atoms with Crippen molar-refractivity contribution < 1.29 is 28.8 Å². The number of Topliss-reactive ketones (excluding diaryl/α,β-unsaturated/α-hetero) is 2. The highest BCUT2D eigenvalue weighted by Gasteiger charge is 2.44. The van der Waals surface area contributed by atoms with Crippen molar-refractivity contribution >= 4 is 103 Å². The average molecular weight is 1190 g/mol. The Balaban J connectivity index is 1.02. The molecule has 9 heterocycles. The maximum atomic E-state index is 15.3. The second-order valence-electron chi connectivity index (χ2n) is 20.5. The number of aryl methyl sites for hydroxylation is 2. The van der Waals surface area contributed by atoms with Crippen LogP contribution in [-0.2, 0) is 16.0 Å². The number of hydrogen-bond acceptors (Lipinski definition) is 19. The van der Waals surface area contributed by atoms with Crippen LogP contribution in [-0.4, -0.2) is 87.6 Å². The molecule has 11 rings (SSSR count). The maximum absolute atomic E-state index is 15.3. The Kier molecular flexibility index (Phi) is 15.9. The number of thiazole rings is 6. The van der Waals surface area contributed by atoms with Gasteiger partial charge in [-0.3, -0.25) is 28.8 Å². The number of pyridine rings is 1. The van der Waals surface area contributed by atoms with Gasteiger partial charge in [0, 0.05) is 69.6 Å². The molecule has 0 spiro atoms. The number of nitrogens with two attached hydrogens (primary N) is 1. The minimum absolute atomic E-state index is 0.00959. The number of hydrogen-bond donors (Lipinski definition) is 3. The number of nitrogens with zero attached hydrogens (tertiary/aromatic N) is 8. The summed E-state index contributed by atoms with van der Waals surface area (Å²) in [6, 6.07) is 18.9. The summed E-state index contributed by atoms with van der Waals surface area (Å²) in [4.78, 5) is 121. The lowest BCUT2D eigenvalue weighted by molar-refractivity contribution is -0.134. The molecule has 1 saturated heterocycles. The Hall–Kier alpha value is -7.41. The van der Waals surface area contributed by atoms with Gasteiger partial charge < -0.3 is 21.3 Å². The zero-order valence-corrected chi connectivity index (χ0v) is 49.6. The highest BCUT2D eigenvalue weighted by molar-refractivity contribution is 7.15. The summed E-state index contributed by atoms with van der Waals surface area (Å²) in [7, 11) is 0. The molecule has 81 heavy (non-hydrogen) atoms. The maximum Gasteiger partial charge on any atom is 0.271 e. The van der Waals surface area contributed by atoms with Gasteiger partial charge in [-0.25, -0.2) is 34.9 Å². The van der Waals surface area contributed by atoms with E-state index in [1.165, 1.54) is 74.9 Å². The zero-order valence-electron chi connectivity index (χ0n) is 44.7. The predicted molar refractivity (Wildman–Crippen MR) is 317 cm³/mol. The van der Waals surface area contributed by atoms with E-state index in [0.717, 1.165) is 21.7 Å². The van der Waals surface area contributed by atoms with Crippen LogP contribution in [0.15, 0.2) is 93.6 Å². The van der Waals surface area contributed by atoms with Crippen molar-refractivity contribution in [1.82, 2.24) is 50.4 Å². The number of benzene rings is 2. The fourth-order valence-electron chi connectivity index (χ4n) is 10.2. The highest BCUT2D eigenvalue weighted by atomic mass is 32.1. The highest BCUT2D eigenvalue weighted by Crippen LogP contribution is 2.45. The van der Waals surface area contributed by atoms with Crippen LogP contribution < -0.4 is 16.4 Å². The Labute approximate surface area is 490 Å². The summed E-state index contributed by atoms with van der Waals surface area (Å²) in [6.45, 7) is 11.9. The molecule has 4 amide bonds. The molecule has 7 aromatic heterocycles. The average Bonchev–Trinajstić information content (AvgIpc) is 4.53. The van der Waals surface area contributed by atoms with E-state index in [4.69, 9.17) is 35.6 Å². The number of fused-ring (bicyclic) bond motifs is 16. The van der Waals surface area contributed by atoms with Gasteiger partial charge in [-0.2, -0.15) is 0 Å². The van der Waals surface area contributed by atoms with Crippen molar-refractivity contribution in [2.75, 3.05) is 6.54 Å². The lowest BCUT2D eigenvalue weighted by atomic mass is 9.84. The second kappa shape index (κ2) is 23.2. The van der Waals surface area contributed by atoms with E-state index in [1.54, 1.807) is 29.1 Å². The molecule has 0 radical (unpaired) electrons. The van der Waals surface area contributed by atoms with Crippen molar-refractivity contribution in [1.29, 1.82) is 0 Å². The molecule has 10 bridgehead atoms. The first-order valence-corrected chi connectivity index (χ1v) is 31.3. The number of ketones is 2. The van der Waals surface area contributed by atoms with Crippen molar-refractivity contribution in [3.63, 3.8) is 0 Å². The molecule has 2 aliphatic heterocycles. The molecule has 0 saturated carbocycles. The lowest BCUT2D eigenvalue weighted by Crippen LogP contribution is -2.50. The molecule has 2 aliphatic rings. The number of carbonyl (C=O) groups is 6. The normalized spacial score (nSPS) is 20.1.